The van der Waals surface area contributed by atoms with Gasteiger partial charge in [-0.25, -0.2) is 4.79 Å². The third-order valence-electron chi connectivity index (χ3n) is 3.66. The van der Waals surface area contributed by atoms with E-state index in [0.29, 0.717) is 11.5 Å². The number of hydrogen-bond acceptors (Lipinski definition) is 6. The van der Waals surface area contributed by atoms with Crippen LogP contribution in [0.5, 0.6) is 5.75 Å². The summed E-state index contributed by atoms with van der Waals surface area (Å²) >= 11 is 0. The fraction of sp³-hybridized carbons (Fsp3) is 0.211. The maximum absolute atomic E-state index is 12.2. The minimum atomic E-state index is -0.646. The number of ether oxygens (including phenoxy) is 2. The van der Waals surface area contributed by atoms with Gasteiger partial charge in [0.25, 0.3) is 5.89 Å². The Bertz CT molecular complexity index is 871. The van der Waals surface area contributed by atoms with Crippen molar-refractivity contribution in [1.82, 2.24) is 10.2 Å². The quantitative estimate of drug-likeness (QED) is 0.655. The van der Waals surface area contributed by atoms with Gasteiger partial charge in [-0.3, -0.25) is 0 Å². The lowest BCUT2D eigenvalue weighted by atomic mass is 10.1. The van der Waals surface area contributed by atoms with E-state index in [0.717, 1.165) is 16.9 Å². The third-order valence-corrected chi connectivity index (χ3v) is 3.66. The van der Waals surface area contributed by atoms with Crippen LogP contribution in [0.15, 0.2) is 52.9 Å². The van der Waals surface area contributed by atoms with Crippen molar-refractivity contribution < 1.29 is 18.7 Å². The molecule has 1 aromatic heterocycles. The predicted molar refractivity (Wildman–Crippen MR) is 91.3 cm³/mol. The highest BCUT2D eigenvalue weighted by Crippen LogP contribution is 2.24. The number of hydrogen-bond donors (Lipinski definition) is 0. The van der Waals surface area contributed by atoms with E-state index >= 15 is 0 Å². The van der Waals surface area contributed by atoms with Crippen molar-refractivity contribution in [2.75, 3.05) is 7.11 Å². The minimum absolute atomic E-state index is 0.242. The number of nitrogens with zero attached hydrogens (tertiary/aromatic N) is 2. The van der Waals surface area contributed by atoms with Crippen LogP contribution in [0.2, 0.25) is 0 Å². The van der Waals surface area contributed by atoms with Crippen LogP contribution < -0.4 is 4.74 Å². The molecule has 0 N–H and O–H groups in total. The van der Waals surface area contributed by atoms with Crippen molar-refractivity contribution in [1.29, 1.82) is 0 Å². The molecule has 6 heteroatoms. The van der Waals surface area contributed by atoms with Crippen LogP contribution in [0.3, 0.4) is 0 Å². The molecule has 6 nitrogen and oxygen atoms in total. The average molecular weight is 338 g/mol. The van der Waals surface area contributed by atoms with E-state index in [4.69, 9.17) is 13.9 Å². The van der Waals surface area contributed by atoms with E-state index in [2.05, 4.69) is 10.2 Å². The molecule has 0 amide bonds. The van der Waals surface area contributed by atoms with Gasteiger partial charge in [-0.1, -0.05) is 17.7 Å². The van der Waals surface area contributed by atoms with Gasteiger partial charge in [0.1, 0.15) is 5.75 Å². The molecule has 0 unspecified atom stereocenters. The highest BCUT2D eigenvalue weighted by Gasteiger charge is 2.20. The Balaban J connectivity index is 1.71. The van der Waals surface area contributed by atoms with Gasteiger partial charge in [0.2, 0.25) is 5.89 Å². The second-order valence-corrected chi connectivity index (χ2v) is 5.59. The molecular formula is C19H18N2O4. The first-order valence-electron chi connectivity index (χ1n) is 7.82. The van der Waals surface area contributed by atoms with Crippen molar-refractivity contribution in [3.05, 3.63) is 65.5 Å². The predicted octanol–water partition coefficient (Wildman–Crippen LogP) is 3.97. The SMILES string of the molecule is COc1ccc(-c2nnc([C@H](C)OC(=O)c3cccc(C)c3)o2)cc1. The summed E-state index contributed by atoms with van der Waals surface area (Å²) in [5, 5.41) is 7.98. The van der Waals surface area contributed by atoms with E-state index < -0.39 is 12.1 Å². The molecule has 0 bridgehead atoms. The minimum Gasteiger partial charge on any atom is -0.497 e. The summed E-state index contributed by atoms with van der Waals surface area (Å²) in [6.07, 6.45) is -0.646. The van der Waals surface area contributed by atoms with Gasteiger partial charge < -0.3 is 13.9 Å². The fourth-order valence-electron chi connectivity index (χ4n) is 2.30. The van der Waals surface area contributed by atoms with Crippen molar-refractivity contribution in [2.45, 2.75) is 20.0 Å². The molecule has 1 heterocycles. The van der Waals surface area contributed by atoms with Crippen LogP contribution in [0.1, 0.15) is 34.8 Å². The molecule has 0 fully saturated rings. The molecule has 0 aliphatic rings. The first kappa shape index (κ1) is 16.7. The Kier molecular flexibility index (Phi) is 4.79. The second kappa shape index (κ2) is 7.17. The molecule has 2 aromatic carbocycles. The number of aromatic nitrogens is 2. The first-order chi connectivity index (χ1) is 12.1. The molecule has 128 valence electrons. The zero-order chi connectivity index (χ0) is 17.8. The van der Waals surface area contributed by atoms with Gasteiger partial charge in [-0.15, -0.1) is 10.2 Å². The summed E-state index contributed by atoms with van der Waals surface area (Å²) in [6, 6.07) is 14.5. The summed E-state index contributed by atoms with van der Waals surface area (Å²) in [7, 11) is 1.60. The van der Waals surface area contributed by atoms with Crippen LogP contribution >= 0.6 is 0 Å². The van der Waals surface area contributed by atoms with Gasteiger partial charge >= 0.3 is 5.97 Å². The smallest absolute Gasteiger partial charge is 0.338 e. The Hall–Kier alpha value is -3.15. The third kappa shape index (κ3) is 3.85. The Morgan fingerprint density at radius 2 is 1.88 bits per heavy atom. The van der Waals surface area contributed by atoms with Gasteiger partial charge in [0.05, 0.1) is 12.7 Å². The van der Waals surface area contributed by atoms with Gasteiger partial charge in [-0.05, 0) is 50.2 Å². The lowest BCUT2D eigenvalue weighted by molar-refractivity contribution is 0.0280. The van der Waals surface area contributed by atoms with Crippen molar-refractivity contribution in [3.8, 4) is 17.2 Å². The van der Waals surface area contributed by atoms with Crippen LogP contribution in [0.25, 0.3) is 11.5 Å². The van der Waals surface area contributed by atoms with Crippen molar-refractivity contribution in [2.24, 2.45) is 0 Å². The average Bonchev–Trinajstić information content (AvgIpc) is 3.12. The summed E-state index contributed by atoms with van der Waals surface area (Å²) in [5.74, 6) is 0.910. The van der Waals surface area contributed by atoms with Crippen LogP contribution in [-0.4, -0.2) is 23.3 Å². The molecular weight excluding hydrogens is 320 g/mol. The Labute approximate surface area is 145 Å². The van der Waals surface area contributed by atoms with Crippen LogP contribution in [0.4, 0.5) is 0 Å². The van der Waals surface area contributed by atoms with E-state index in [1.807, 2.05) is 31.2 Å². The molecule has 0 saturated carbocycles. The van der Waals surface area contributed by atoms with Crippen LogP contribution in [-0.2, 0) is 4.74 Å². The maximum Gasteiger partial charge on any atom is 0.338 e. The molecule has 0 aliphatic heterocycles. The Morgan fingerprint density at radius 1 is 1.12 bits per heavy atom. The van der Waals surface area contributed by atoms with Gasteiger partial charge in [-0.2, -0.15) is 0 Å². The van der Waals surface area contributed by atoms with Gasteiger partial charge in [0.15, 0.2) is 6.10 Å². The topological polar surface area (TPSA) is 74.5 Å². The number of benzene rings is 2. The summed E-state index contributed by atoms with van der Waals surface area (Å²) in [4.78, 5) is 12.2. The lowest BCUT2D eigenvalue weighted by Crippen LogP contribution is -2.09. The molecule has 0 saturated heterocycles. The van der Waals surface area contributed by atoms with Gasteiger partial charge in [0, 0.05) is 5.56 Å². The number of esters is 1. The molecule has 3 rings (SSSR count). The lowest BCUT2D eigenvalue weighted by Gasteiger charge is -2.09. The second-order valence-electron chi connectivity index (χ2n) is 5.59. The first-order valence-corrected chi connectivity index (χ1v) is 7.82. The zero-order valence-corrected chi connectivity index (χ0v) is 14.2. The number of rotatable bonds is 5. The van der Waals surface area contributed by atoms with E-state index in [9.17, 15) is 4.79 Å². The number of aryl methyl sites for hydroxylation is 1. The molecule has 0 spiro atoms. The molecule has 25 heavy (non-hydrogen) atoms. The molecule has 1 atom stereocenters. The fourth-order valence-corrected chi connectivity index (χ4v) is 2.30. The number of methoxy groups -OCH3 is 1. The maximum atomic E-state index is 12.2. The summed E-state index contributed by atoms with van der Waals surface area (Å²) in [5.41, 5.74) is 2.24. The Morgan fingerprint density at radius 3 is 2.56 bits per heavy atom. The normalized spacial score (nSPS) is 11.8. The molecule has 0 aliphatic carbocycles. The van der Waals surface area contributed by atoms with Crippen molar-refractivity contribution in [3.63, 3.8) is 0 Å². The van der Waals surface area contributed by atoms with E-state index in [1.165, 1.54) is 0 Å². The number of carbonyl (C=O) groups excluding carboxylic acids is 1. The van der Waals surface area contributed by atoms with E-state index in [1.54, 1.807) is 38.3 Å². The highest BCUT2D eigenvalue weighted by atomic mass is 16.6. The highest BCUT2D eigenvalue weighted by molar-refractivity contribution is 5.89. The molecule has 0 radical (unpaired) electrons. The van der Waals surface area contributed by atoms with Crippen LogP contribution in [0, 0.1) is 6.92 Å². The summed E-state index contributed by atoms with van der Waals surface area (Å²) in [6.45, 7) is 3.61. The van der Waals surface area contributed by atoms with E-state index in [-0.39, 0.29) is 5.89 Å². The standard InChI is InChI=1S/C19H18N2O4/c1-12-5-4-6-15(11-12)19(22)24-13(2)17-20-21-18(25-17)14-7-9-16(23-3)10-8-14/h4-11,13H,1-3H3/t13-/m0/s1. The molecule has 3 aromatic rings. The largest absolute Gasteiger partial charge is 0.497 e. The zero-order valence-electron chi connectivity index (χ0n) is 14.2. The summed E-state index contributed by atoms with van der Waals surface area (Å²) < 4.78 is 16.2. The number of carbonyl (C=O) groups is 1. The monoisotopic (exact) mass is 338 g/mol. The van der Waals surface area contributed by atoms with Crippen molar-refractivity contribution >= 4 is 5.97 Å².